The number of phenolic OH excluding ortho intramolecular Hbond substituents is 1. The second kappa shape index (κ2) is 5.05. The Labute approximate surface area is 115 Å². The lowest BCUT2D eigenvalue weighted by Crippen LogP contribution is -1.95. The molecule has 3 rings (SSSR count). The van der Waals surface area contributed by atoms with Crippen LogP contribution in [0.25, 0.3) is 11.4 Å². The van der Waals surface area contributed by atoms with E-state index < -0.39 is 0 Å². The second-order valence-electron chi connectivity index (χ2n) is 4.43. The topological polar surface area (TPSA) is 85.2 Å². The van der Waals surface area contributed by atoms with E-state index in [4.69, 9.17) is 10.3 Å². The van der Waals surface area contributed by atoms with Gasteiger partial charge in [0.05, 0.1) is 6.42 Å². The molecule has 0 aliphatic carbocycles. The Morgan fingerprint density at radius 1 is 1.05 bits per heavy atom. The predicted molar refractivity (Wildman–Crippen MR) is 75.1 cm³/mol. The van der Waals surface area contributed by atoms with Crippen LogP contribution in [0.15, 0.2) is 53.1 Å². The molecule has 1 heterocycles. The summed E-state index contributed by atoms with van der Waals surface area (Å²) in [5.41, 5.74) is 8.33. The largest absolute Gasteiger partial charge is 0.508 e. The van der Waals surface area contributed by atoms with Crippen molar-refractivity contribution < 1.29 is 9.63 Å². The quantitative estimate of drug-likeness (QED) is 0.712. The summed E-state index contributed by atoms with van der Waals surface area (Å²) in [6.07, 6.45) is 0.498. The Kier molecular flexibility index (Phi) is 3.09. The molecule has 0 bridgehead atoms. The molecule has 20 heavy (non-hydrogen) atoms. The van der Waals surface area contributed by atoms with Gasteiger partial charge in [-0.1, -0.05) is 23.4 Å². The maximum absolute atomic E-state index is 9.26. The summed E-state index contributed by atoms with van der Waals surface area (Å²) in [4.78, 5) is 4.33. The van der Waals surface area contributed by atoms with Gasteiger partial charge in [0.15, 0.2) is 0 Å². The fourth-order valence-corrected chi connectivity index (χ4v) is 1.91. The molecule has 0 aliphatic rings. The summed E-state index contributed by atoms with van der Waals surface area (Å²) in [7, 11) is 0. The average molecular weight is 267 g/mol. The minimum absolute atomic E-state index is 0.203. The number of para-hydroxylation sites is 1. The van der Waals surface area contributed by atoms with Gasteiger partial charge < -0.3 is 15.4 Å². The Hall–Kier alpha value is -2.82. The summed E-state index contributed by atoms with van der Waals surface area (Å²) in [6, 6.07) is 14.2. The smallest absolute Gasteiger partial charge is 0.231 e. The number of anilines is 1. The second-order valence-corrected chi connectivity index (χ2v) is 4.43. The van der Waals surface area contributed by atoms with Gasteiger partial charge >= 0.3 is 0 Å². The summed E-state index contributed by atoms with van der Waals surface area (Å²) < 4.78 is 5.23. The highest BCUT2D eigenvalue weighted by Crippen LogP contribution is 2.21. The number of nitrogen functional groups attached to an aromatic ring is 1. The number of phenols is 1. The molecule has 1 aromatic heterocycles. The molecule has 100 valence electrons. The zero-order valence-electron chi connectivity index (χ0n) is 10.7. The highest BCUT2D eigenvalue weighted by atomic mass is 16.5. The number of hydrogen-bond acceptors (Lipinski definition) is 5. The lowest BCUT2D eigenvalue weighted by molar-refractivity contribution is 0.386. The normalized spacial score (nSPS) is 10.6. The van der Waals surface area contributed by atoms with Crippen LogP contribution in [0, 0.1) is 0 Å². The third-order valence-electron chi connectivity index (χ3n) is 2.99. The summed E-state index contributed by atoms with van der Waals surface area (Å²) in [6.45, 7) is 0. The number of nitrogens with zero attached hydrogens (tertiary/aromatic N) is 2. The van der Waals surface area contributed by atoms with E-state index >= 15 is 0 Å². The van der Waals surface area contributed by atoms with Gasteiger partial charge in [-0.05, 0) is 35.9 Å². The van der Waals surface area contributed by atoms with Crippen LogP contribution in [-0.2, 0) is 6.42 Å². The third-order valence-corrected chi connectivity index (χ3v) is 2.99. The SMILES string of the molecule is Nc1ccccc1Cc1nc(-c2ccc(O)cc2)no1. The van der Waals surface area contributed by atoms with E-state index in [9.17, 15) is 5.11 Å². The molecule has 0 spiro atoms. The standard InChI is InChI=1S/C15H13N3O2/c16-13-4-2-1-3-11(13)9-14-17-15(18-20-14)10-5-7-12(19)8-6-10/h1-8,19H,9,16H2. The van der Waals surface area contributed by atoms with Crippen LogP contribution in [0.3, 0.4) is 0 Å². The molecule has 0 fully saturated rings. The summed E-state index contributed by atoms with van der Waals surface area (Å²) in [5.74, 6) is 1.20. The van der Waals surface area contributed by atoms with Gasteiger partial charge in [0.1, 0.15) is 5.75 Å². The first-order chi connectivity index (χ1) is 9.72. The Morgan fingerprint density at radius 3 is 2.55 bits per heavy atom. The predicted octanol–water partition coefficient (Wildman–Crippen LogP) is 2.62. The van der Waals surface area contributed by atoms with E-state index in [1.165, 1.54) is 0 Å². The fraction of sp³-hybridized carbons (Fsp3) is 0.0667. The van der Waals surface area contributed by atoms with Crippen LogP contribution in [-0.4, -0.2) is 15.2 Å². The van der Waals surface area contributed by atoms with Crippen molar-refractivity contribution in [1.29, 1.82) is 0 Å². The van der Waals surface area contributed by atoms with Gasteiger partial charge in [0.25, 0.3) is 0 Å². The minimum atomic E-state index is 0.203. The lowest BCUT2D eigenvalue weighted by atomic mass is 10.1. The van der Waals surface area contributed by atoms with Crippen LogP contribution in [0.1, 0.15) is 11.5 Å². The number of hydrogen-bond donors (Lipinski definition) is 2. The van der Waals surface area contributed by atoms with Crippen molar-refractivity contribution in [3.8, 4) is 17.1 Å². The Bertz CT molecular complexity index is 720. The van der Waals surface area contributed by atoms with Gasteiger partial charge in [-0.15, -0.1) is 0 Å². The molecule has 2 aromatic carbocycles. The van der Waals surface area contributed by atoms with Crippen molar-refractivity contribution in [3.63, 3.8) is 0 Å². The van der Waals surface area contributed by atoms with Gasteiger partial charge in [0, 0.05) is 11.3 Å². The number of benzene rings is 2. The number of aromatic hydroxyl groups is 1. The van der Waals surface area contributed by atoms with E-state index in [1.54, 1.807) is 24.3 Å². The maximum atomic E-state index is 9.26. The zero-order valence-corrected chi connectivity index (χ0v) is 10.7. The van der Waals surface area contributed by atoms with Crippen LogP contribution in [0.5, 0.6) is 5.75 Å². The lowest BCUT2D eigenvalue weighted by Gasteiger charge is -2.00. The van der Waals surface area contributed by atoms with Gasteiger partial charge in [0.2, 0.25) is 11.7 Å². The minimum Gasteiger partial charge on any atom is -0.508 e. The van der Waals surface area contributed by atoms with E-state index in [2.05, 4.69) is 10.1 Å². The molecule has 5 heteroatoms. The van der Waals surface area contributed by atoms with E-state index in [-0.39, 0.29) is 5.75 Å². The van der Waals surface area contributed by atoms with Crippen LogP contribution >= 0.6 is 0 Å². The number of nitrogens with two attached hydrogens (primary N) is 1. The molecule has 0 atom stereocenters. The molecule has 0 amide bonds. The van der Waals surface area contributed by atoms with Crippen LogP contribution in [0.4, 0.5) is 5.69 Å². The Morgan fingerprint density at radius 2 is 1.80 bits per heavy atom. The molecule has 5 nitrogen and oxygen atoms in total. The van der Waals surface area contributed by atoms with E-state index in [1.807, 2.05) is 24.3 Å². The molecule has 3 N–H and O–H groups in total. The van der Waals surface area contributed by atoms with E-state index in [0.29, 0.717) is 23.8 Å². The van der Waals surface area contributed by atoms with Crippen LogP contribution in [0.2, 0.25) is 0 Å². The summed E-state index contributed by atoms with van der Waals surface area (Å²) in [5, 5.41) is 13.2. The first-order valence-corrected chi connectivity index (χ1v) is 6.18. The van der Waals surface area contributed by atoms with Crippen molar-refractivity contribution in [3.05, 3.63) is 60.0 Å². The number of aromatic nitrogens is 2. The first kappa shape index (κ1) is 12.2. The number of rotatable bonds is 3. The summed E-state index contributed by atoms with van der Waals surface area (Å²) >= 11 is 0. The van der Waals surface area contributed by atoms with Gasteiger partial charge in [-0.3, -0.25) is 0 Å². The molecule has 0 saturated heterocycles. The van der Waals surface area contributed by atoms with Gasteiger partial charge in [-0.25, -0.2) is 0 Å². The molecule has 3 aromatic rings. The van der Waals surface area contributed by atoms with Crippen molar-refractivity contribution in [2.45, 2.75) is 6.42 Å². The Balaban J connectivity index is 1.84. The molecule has 0 aliphatic heterocycles. The molecule has 0 saturated carbocycles. The maximum Gasteiger partial charge on any atom is 0.231 e. The monoisotopic (exact) mass is 267 g/mol. The third kappa shape index (κ3) is 2.47. The van der Waals surface area contributed by atoms with Crippen molar-refractivity contribution in [1.82, 2.24) is 10.1 Å². The van der Waals surface area contributed by atoms with Crippen molar-refractivity contribution in [2.75, 3.05) is 5.73 Å². The highest BCUT2D eigenvalue weighted by molar-refractivity contribution is 5.55. The molecule has 0 radical (unpaired) electrons. The first-order valence-electron chi connectivity index (χ1n) is 6.18. The van der Waals surface area contributed by atoms with Crippen LogP contribution < -0.4 is 5.73 Å². The molecular formula is C15H13N3O2. The fourth-order valence-electron chi connectivity index (χ4n) is 1.91. The van der Waals surface area contributed by atoms with Crippen molar-refractivity contribution in [2.24, 2.45) is 0 Å². The zero-order chi connectivity index (χ0) is 13.9. The molecule has 0 unspecified atom stereocenters. The average Bonchev–Trinajstić information content (AvgIpc) is 2.91. The molecular weight excluding hydrogens is 254 g/mol. The van der Waals surface area contributed by atoms with Crippen molar-refractivity contribution >= 4 is 5.69 Å². The van der Waals surface area contributed by atoms with E-state index in [0.717, 1.165) is 11.1 Å². The highest BCUT2D eigenvalue weighted by Gasteiger charge is 2.10. The van der Waals surface area contributed by atoms with Gasteiger partial charge in [-0.2, -0.15) is 4.98 Å².